The van der Waals surface area contributed by atoms with Gasteiger partial charge in [-0.25, -0.2) is 0 Å². The number of anilines is 2. The first-order chi connectivity index (χ1) is 13.2. The highest BCUT2D eigenvalue weighted by Crippen LogP contribution is 2.33. The quantitative estimate of drug-likeness (QED) is 0.556. The molecule has 3 aromatic rings. The van der Waals surface area contributed by atoms with Crippen LogP contribution in [0.15, 0.2) is 58.9 Å². The predicted molar refractivity (Wildman–Crippen MR) is 112 cm³/mol. The fraction of sp³-hybridized carbons (Fsp3) is 0.250. The Labute approximate surface area is 166 Å². The summed E-state index contributed by atoms with van der Waals surface area (Å²) in [5.74, 6) is -0.0460. The van der Waals surface area contributed by atoms with Gasteiger partial charge in [0.05, 0.1) is 5.25 Å². The second-order valence-electron chi connectivity index (χ2n) is 6.45. The van der Waals surface area contributed by atoms with Gasteiger partial charge in [-0.2, -0.15) is 0 Å². The molecule has 27 heavy (non-hydrogen) atoms. The molecular weight excluding hydrogens is 376 g/mol. The maximum atomic E-state index is 12.7. The fourth-order valence-electron chi connectivity index (χ4n) is 2.62. The lowest BCUT2D eigenvalue weighted by atomic mass is 10.0. The molecule has 1 amide bonds. The van der Waals surface area contributed by atoms with E-state index in [0.29, 0.717) is 6.04 Å². The van der Waals surface area contributed by atoms with Gasteiger partial charge in [0.25, 0.3) is 0 Å². The number of hydrogen-bond donors (Lipinski definition) is 2. The Morgan fingerprint density at radius 3 is 2.63 bits per heavy atom. The molecule has 1 saturated carbocycles. The lowest BCUT2D eigenvalue weighted by molar-refractivity contribution is -0.115. The SMILES string of the molecule is CC(Sc1nnc(NC2CC2)s1)C(=O)Nc1ccccc1-c1ccccc1. The van der Waals surface area contributed by atoms with E-state index in [1.165, 1.54) is 35.9 Å². The smallest absolute Gasteiger partial charge is 0.237 e. The van der Waals surface area contributed by atoms with E-state index in [1.807, 2.05) is 61.5 Å². The van der Waals surface area contributed by atoms with E-state index in [2.05, 4.69) is 20.8 Å². The molecule has 1 aliphatic rings. The summed E-state index contributed by atoms with van der Waals surface area (Å²) in [5.41, 5.74) is 2.90. The second-order valence-corrected chi connectivity index (χ2v) is 9.02. The van der Waals surface area contributed by atoms with Crippen LogP contribution < -0.4 is 10.6 Å². The molecule has 0 spiro atoms. The van der Waals surface area contributed by atoms with E-state index < -0.39 is 0 Å². The average Bonchev–Trinajstić information content (AvgIpc) is 3.40. The lowest BCUT2D eigenvalue weighted by Gasteiger charge is -2.14. The summed E-state index contributed by atoms with van der Waals surface area (Å²) in [6.07, 6.45) is 2.39. The number of para-hydroxylation sites is 1. The van der Waals surface area contributed by atoms with Gasteiger partial charge in [0.15, 0.2) is 4.34 Å². The molecule has 1 aliphatic carbocycles. The van der Waals surface area contributed by atoms with Crippen molar-refractivity contribution in [3.8, 4) is 11.1 Å². The molecule has 0 saturated heterocycles. The maximum absolute atomic E-state index is 12.7. The van der Waals surface area contributed by atoms with Crippen molar-refractivity contribution in [2.45, 2.75) is 35.4 Å². The largest absolute Gasteiger partial charge is 0.357 e. The molecule has 1 unspecified atom stereocenters. The third kappa shape index (κ3) is 4.67. The summed E-state index contributed by atoms with van der Waals surface area (Å²) >= 11 is 2.94. The summed E-state index contributed by atoms with van der Waals surface area (Å²) in [4.78, 5) is 12.7. The molecule has 0 bridgehead atoms. The van der Waals surface area contributed by atoms with Crippen molar-refractivity contribution in [3.63, 3.8) is 0 Å². The van der Waals surface area contributed by atoms with Crippen LogP contribution in [0.25, 0.3) is 11.1 Å². The molecule has 2 aromatic carbocycles. The van der Waals surface area contributed by atoms with Crippen molar-refractivity contribution < 1.29 is 4.79 Å². The van der Waals surface area contributed by atoms with Gasteiger partial charge >= 0.3 is 0 Å². The minimum Gasteiger partial charge on any atom is -0.357 e. The van der Waals surface area contributed by atoms with Gasteiger partial charge in [-0.1, -0.05) is 71.6 Å². The van der Waals surface area contributed by atoms with Gasteiger partial charge in [0.1, 0.15) is 0 Å². The van der Waals surface area contributed by atoms with Gasteiger partial charge in [-0.3, -0.25) is 4.79 Å². The topological polar surface area (TPSA) is 66.9 Å². The van der Waals surface area contributed by atoms with Crippen LogP contribution in [0.2, 0.25) is 0 Å². The first kappa shape index (κ1) is 18.0. The summed E-state index contributed by atoms with van der Waals surface area (Å²) in [7, 11) is 0. The molecule has 1 heterocycles. The number of hydrogen-bond acceptors (Lipinski definition) is 6. The lowest BCUT2D eigenvalue weighted by Crippen LogP contribution is -2.22. The van der Waals surface area contributed by atoms with Crippen molar-refractivity contribution >= 4 is 39.8 Å². The van der Waals surface area contributed by atoms with Crippen LogP contribution in [0, 0.1) is 0 Å². The van der Waals surface area contributed by atoms with Crippen LogP contribution in [-0.2, 0) is 4.79 Å². The number of benzene rings is 2. The zero-order valence-electron chi connectivity index (χ0n) is 14.9. The van der Waals surface area contributed by atoms with Crippen molar-refractivity contribution in [2.75, 3.05) is 10.6 Å². The molecule has 1 aromatic heterocycles. The number of rotatable bonds is 7. The van der Waals surface area contributed by atoms with Gasteiger partial charge < -0.3 is 10.6 Å². The minimum absolute atomic E-state index is 0.0460. The van der Waals surface area contributed by atoms with Crippen molar-refractivity contribution in [1.82, 2.24) is 10.2 Å². The van der Waals surface area contributed by atoms with E-state index in [1.54, 1.807) is 0 Å². The second kappa shape index (κ2) is 8.10. The summed E-state index contributed by atoms with van der Waals surface area (Å²) < 4.78 is 0.803. The average molecular weight is 397 g/mol. The predicted octanol–water partition coefficient (Wildman–Crippen LogP) is 4.90. The number of nitrogens with zero attached hydrogens (tertiary/aromatic N) is 2. The van der Waals surface area contributed by atoms with Crippen LogP contribution in [0.5, 0.6) is 0 Å². The fourth-order valence-corrected chi connectivity index (χ4v) is 4.59. The van der Waals surface area contributed by atoms with Crippen molar-refractivity contribution in [1.29, 1.82) is 0 Å². The zero-order chi connectivity index (χ0) is 18.6. The Balaban J connectivity index is 1.42. The molecule has 7 heteroatoms. The highest BCUT2D eigenvalue weighted by atomic mass is 32.2. The molecule has 1 fully saturated rings. The summed E-state index contributed by atoms with van der Waals surface area (Å²) in [5, 5.41) is 15.3. The number of carbonyl (C=O) groups excluding carboxylic acids is 1. The Bertz CT molecular complexity index is 924. The van der Waals surface area contributed by atoms with E-state index in [4.69, 9.17) is 0 Å². The molecular formula is C20H20N4OS2. The molecule has 138 valence electrons. The summed E-state index contributed by atoms with van der Waals surface area (Å²) in [6.45, 7) is 1.89. The molecule has 4 rings (SSSR count). The monoisotopic (exact) mass is 396 g/mol. The van der Waals surface area contributed by atoms with Gasteiger partial charge in [0, 0.05) is 17.3 Å². The number of thioether (sulfide) groups is 1. The van der Waals surface area contributed by atoms with E-state index in [9.17, 15) is 4.79 Å². The molecule has 2 N–H and O–H groups in total. The summed E-state index contributed by atoms with van der Waals surface area (Å²) in [6, 6.07) is 18.5. The first-order valence-corrected chi connectivity index (χ1v) is 10.6. The van der Waals surface area contributed by atoms with Crippen LogP contribution in [0.4, 0.5) is 10.8 Å². The maximum Gasteiger partial charge on any atom is 0.237 e. The van der Waals surface area contributed by atoms with E-state index in [-0.39, 0.29) is 11.2 Å². The zero-order valence-corrected chi connectivity index (χ0v) is 16.5. The van der Waals surface area contributed by atoms with Crippen LogP contribution in [-0.4, -0.2) is 27.4 Å². The third-order valence-electron chi connectivity index (χ3n) is 4.23. The Morgan fingerprint density at radius 1 is 1.11 bits per heavy atom. The first-order valence-electron chi connectivity index (χ1n) is 8.91. The van der Waals surface area contributed by atoms with Gasteiger partial charge in [-0.15, -0.1) is 10.2 Å². The van der Waals surface area contributed by atoms with Crippen LogP contribution >= 0.6 is 23.1 Å². The van der Waals surface area contributed by atoms with Crippen molar-refractivity contribution in [2.24, 2.45) is 0 Å². The van der Waals surface area contributed by atoms with Gasteiger partial charge in [-0.05, 0) is 31.4 Å². The van der Waals surface area contributed by atoms with Crippen LogP contribution in [0.3, 0.4) is 0 Å². The molecule has 5 nitrogen and oxygen atoms in total. The van der Waals surface area contributed by atoms with Crippen LogP contribution in [0.1, 0.15) is 19.8 Å². The number of aromatic nitrogens is 2. The Kier molecular flexibility index (Phi) is 5.40. The number of nitrogens with one attached hydrogen (secondary N) is 2. The molecule has 0 radical (unpaired) electrons. The minimum atomic E-state index is -0.268. The van der Waals surface area contributed by atoms with Gasteiger partial charge in [0.2, 0.25) is 11.0 Å². The number of amides is 1. The highest BCUT2D eigenvalue weighted by molar-refractivity contribution is 8.02. The number of carbonyl (C=O) groups is 1. The third-order valence-corrected chi connectivity index (χ3v) is 6.27. The van der Waals surface area contributed by atoms with Crippen molar-refractivity contribution in [3.05, 3.63) is 54.6 Å². The normalized spacial score (nSPS) is 14.6. The molecule has 0 aliphatic heterocycles. The Morgan fingerprint density at radius 2 is 1.85 bits per heavy atom. The molecule has 1 atom stereocenters. The van der Waals surface area contributed by atoms with E-state index in [0.717, 1.165) is 26.3 Å². The highest BCUT2D eigenvalue weighted by Gasteiger charge is 2.23. The Hall–Kier alpha value is -2.38. The standard InChI is InChI=1S/C20H20N4OS2/c1-13(26-20-24-23-19(27-20)21-15-11-12-15)18(25)22-17-10-6-5-9-16(17)14-7-3-2-4-8-14/h2-10,13,15H,11-12H2,1H3,(H,21,23)(H,22,25). The van der Waals surface area contributed by atoms with E-state index >= 15 is 0 Å².